The molecule has 11 heteroatoms. The normalized spacial score (nSPS) is 15.8. The highest BCUT2D eigenvalue weighted by molar-refractivity contribution is 7.92. The molecule has 0 aliphatic carbocycles. The largest absolute Gasteiger partial charge is 0.495 e. The first-order valence-electron chi connectivity index (χ1n) is 10.4. The van der Waals surface area contributed by atoms with E-state index in [2.05, 4.69) is 20.0 Å². The van der Waals surface area contributed by atoms with E-state index in [1.54, 1.807) is 17.0 Å². The second-order valence-corrected chi connectivity index (χ2v) is 9.45. The number of hydrogen-bond donors (Lipinski definition) is 2. The number of carbonyl (C=O) groups is 2. The van der Waals surface area contributed by atoms with E-state index >= 15 is 0 Å². The molecule has 0 saturated carbocycles. The number of nitrogens with zero attached hydrogens (tertiary/aromatic N) is 3. The van der Waals surface area contributed by atoms with E-state index in [0.29, 0.717) is 17.1 Å². The monoisotopic (exact) mass is 481 g/mol. The summed E-state index contributed by atoms with van der Waals surface area (Å²) in [6, 6.07) is 12.8. The summed E-state index contributed by atoms with van der Waals surface area (Å²) in [6.07, 6.45) is 2.91. The fraction of sp³-hybridized carbons (Fsp3) is 0.217. The van der Waals surface area contributed by atoms with Crippen molar-refractivity contribution in [1.82, 2.24) is 9.97 Å². The predicted molar refractivity (Wildman–Crippen MR) is 126 cm³/mol. The third-order valence-corrected chi connectivity index (χ3v) is 6.69. The lowest BCUT2D eigenvalue weighted by molar-refractivity contribution is -0.122. The minimum Gasteiger partial charge on any atom is -0.495 e. The molecule has 1 saturated heterocycles. The second kappa shape index (κ2) is 9.48. The number of hydrogen-bond acceptors (Lipinski definition) is 7. The molecule has 2 heterocycles. The van der Waals surface area contributed by atoms with Crippen molar-refractivity contribution in [2.45, 2.75) is 18.2 Å². The zero-order valence-electron chi connectivity index (χ0n) is 18.6. The molecule has 10 nitrogen and oxygen atoms in total. The maximum absolute atomic E-state index is 12.8. The van der Waals surface area contributed by atoms with Gasteiger partial charge in [-0.15, -0.1) is 0 Å². The van der Waals surface area contributed by atoms with Crippen LogP contribution in [0, 0.1) is 12.8 Å². The van der Waals surface area contributed by atoms with Gasteiger partial charge in [0.05, 0.1) is 23.6 Å². The molecule has 0 bridgehead atoms. The number of amides is 2. The van der Waals surface area contributed by atoms with Gasteiger partial charge in [-0.3, -0.25) is 9.59 Å². The van der Waals surface area contributed by atoms with Crippen molar-refractivity contribution in [2.24, 2.45) is 5.92 Å². The fourth-order valence-corrected chi connectivity index (χ4v) is 4.58. The average molecular weight is 482 g/mol. The van der Waals surface area contributed by atoms with Crippen molar-refractivity contribution in [1.29, 1.82) is 0 Å². The van der Waals surface area contributed by atoms with Gasteiger partial charge in [0.2, 0.25) is 17.8 Å². The summed E-state index contributed by atoms with van der Waals surface area (Å²) in [5, 5.41) is 2.76. The number of benzene rings is 2. The smallest absolute Gasteiger partial charge is 0.264 e. The molecule has 1 aromatic heterocycles. The lowest BCUT2D eigenvalue weighted by Crippen LogP contribution is -2.28. The van der Waals surface area contributed by atoms with Crippen LogP contribution in [0.1, 0.15) is 12.0 Å². The molecule has 176 valence electrons. The van der Waals surface area contributed by atoms with E-state index in [-0.39, 0.29) is 35.6 Å². The van der Waals surface area contributed by atoms with E-state index in [9.17, 15) is 18.0 Å². The van der Waals surface area contributed by atoms with Crippen molar-refractivity contribution in [3.05, 3.63) is 66.5 Å². The topological polar surface area (TPSA) is 131 Å². The number of methoxy groups -OCH3 is 1. The molecule has 34 heavy (non-hydrogen) atoms. The van der Waals surface area contributed by atoms with Crippen LogP contribution >= 0.6 is 0 Å². The van der Waals surface area contributed by atoms with E-state index in [0.717, 1.165) is 5.56 Å². The van der Waals surface area contributed by atoms with Gasteiger partial charge in [0.15, 0.2) is 0 Å². The van der Waals surface area contributed by atoms with Gasteiger partial charge in [-0.25, -0.2) is 23.1 Å². The van der Waals surface area contributed by atoms with Gasteiger partial charge >= 0.3 is 0 Å². The third-order valence-electron chi connectivity index (χ3n) is 5.34. The Bertz CT molecular complexity index is 1310. The summed E-state index contributed by atoms with van der Waals surface area (Å²) in [6.45, 7) is 2.14. The van der Waals surface area contributed by atoms with E-state index < -0.39 is 15.9 Å². The Morgan fingerprint density at radius 2 is 1.82 bits per heavy atom. The Labute approximate surface area is 197 Å². The maximum Gasteiger partial charge on any atom is 0.264 e. The van der Waals surface area contributed by atoms with Gasteiger partial charge in [0, 0.05) is 31.0 Å². The van der Waals surface area contributed by atoms with Gasteiger partial charge in [-0.2, -0.15) is 0 Å². The van der Waals surface area contributed by atoms with Crippen LogP contribution in [0.15, 0.2) is 65.8 Å². The summed E-state index contributed by atoms with van der Waals surface area (Å²) in [5.74, 6) is -0.529. The van der Waals surface area contributed by atoms with Gasteiger partial charge in [0.25, 0.3) is 10.0 Å². The van der Waals surface area contributed by atoms with E-state index in [1.165, 1.54) is 43.8 Å². The first kappa shape index (κ1) is 23.2. The highest BCUT2D eigenvalue weighted by Gasteiger charge is 2.36. The Hall–Kier alpha value is -3.99. The molecule has 0 spiro atoms. The highest BCUT2D eigenvalue weighted by Crippen LogP contribution is 2.34. The molecule has 2 amide bonds. The number of anilines is 3. The number of carbonyl (C=O) groups excluding carboxylic acids is 2. The number of ether oxygens (including phenoxy) is 1. The van der Waals surface area contributed by atoms with Crippen LogP contribution in [0.25, 0.3) is 0 Å². The summed E-state index contributed by atoms with van der Waals surface area (Å²) >= 11 is 0. The summed E-state index contributed by atoms with van der Waals surface area (Å²) in [4.78, 5) is 34.7. The number of aryl methyl sites for hydroxylation is 1. The van der Waals surface area contributed by atoms with Crippen LogP contribution < -0.4 is 19.7 Å². The van der Waals surface area contributed by atoms with Crippen LogP contribution in [0.5, 0.6) is 5.75 Å². The molecule has 1 aliphatic rings. The first-order chi connectivity index (χ1) is 16.3. The molecule has 3 aromatic rings. The maximum atomic E-state index is 12.8. The van der Waals surface area contributed by atoms with Crippen molar-refractivity contribution in [3.63, 3.8) is 0 Å². The minimum absolute atomic E-state index is 0.00767. The summed E-state index contributed by atoms with van der Waals surface area (Å²) in [5.41, 5.74) is 2.02. The Morgan fingerprint density at radius 3 is 2.50 bits per heavy atom. The lowest BCUT2D eigenvalue weighted by atomic mass is 10.1. The minimum atomic E-state index is -3.88. The van der Waals surface area contributed by atoms with Crippen LogP contribution in [-0.4, -0.2) is 43.9 Å². The third kappa shape index (κ3) is 4.99. The summed E-state index contributed by atoms with van der Waals surface area (Å²) < 4.78 is 32.7. The standard InChI is InChI=1S/C23H23N5O5S/c1-15-4-9-20(33-2)19(12-15)28-14-16(13-21(28)29)22(30)26-17-5-7-18(8-6-17)34(31,32)27-23-24-10-3-11-25-23/h3-12,16H,13-14H2,1-2H3,(H,26,30)(H,24,25,27). The molecule has 4 rings (SSSR count). The van der Waals surface area contributed by atoms with Crippen molar-refractivity contribution in [3.8, 4) is 5.75 Å². The molecular formula is C23H23N5O5S. The Kier molecular flexibility index (Phi) is 6.46. The molecule has 1 atom stereocenters. The number of aromatic nitrogens is 2. The SMILES string of the molecule is COc1ccc(C)cc1N1CC(C(=O)Nc2ccc(S(=O)(=O)Nc3ncccn3)cc2)CC1=O. The zero-order chi connectivity index (χ0) is 24.3. The molecule has 1 unspecified atom stereocenters. The zero-order valence-corrected chi connectivity index (χ0v) is 19.4. The van der Waals surface area contributed by atoms with Gasteiger partial charge in [-0.1, -0.05) is 6.07 Å². The van der Waals surface area contributed by atoms with Gasteiger partial charge < -0.3 is 15.0 Å². The van der Waals surface area contributed by atoms with Crippen LogP contribution in [0.2, 0.25) is 0 Å². The van der Waals surface area contributed by atoms with Crippen molar-refractivity contribution >= 4 is 39.2 Å². The Morgan fingerprint density at radius 1 is 1.12 bits per heavy atom. The van der Waals surface area contributed by atoms with Crippen LogP contribution in [0.3, 0.4) is 0 Å². The second-order valence-electron chi connectivity index (χ2n) is 7.77. The van der Waals surface area contributed by atoms with E-state index in [1.807, 2.05) is 19.1 Å². The molecule has 2 aromatic carbocycles. The van der Waals surface area contributed by atoms with Gasteiger partial charge in [0.1, 0.15) is 5.75 Å². The number of sulfonamides is 1. The average Bonchev–Trinajstić information content (AvgIpc) is 3.21. The summed E-state index contributed by atoms with van der Waals surface area (Å²) in [7, 11) is -2.35. The predicted octanol–water partition coefficient (Wildman–Crippen LogP) is 2.59. The molecular weight excluding hydrogens is 458 g/mol. The molecule has 1 aliphatic heterocycles. The highest BCUT2D eigenvalue weighted by atomic mass is 32.2. The van der Waals surface area contributed by atoms with Crippen molar-refractivity contribution < 1.29 is 22.7 Å². The number of nitrogens with one attached hydrogen (secondary N) is 2. The van der Waals surface area contributed by atoms with Crippen LogP contribution in [0.4, 0.5) is 17.3 Å². The first-order valence-corrected chi connectivity index (χ1v) is 11.9. The lowest BCUT2D eigenvalue weighted by Gasteiger charge is -2.20. The molecule has 2 N–H and O–H groups in total. The molecule has 1 fully saturated rings. The van der Waals surface area contributed by atoms with Gasteiger partial charge in [-0.05, 0) is 55.0 Å². The quantitative estimate of drug-likeness (QED) is 0.530. The van der Waals surface area contributed by atoms with E-state index in [4.69, 9.17) is 4.74 Å². The fourth-order valence-electron chi connectivity index (χ4n) is 3.62. The van der Waals surface area contributed by atoms with Crippen LogP contribution in [-0.2, 0) is 19.6 Å². The Balaban J connectivity index is 1.42. The number of rotatable bonds is 7. The van der Waals surface area contributed by atoms with Crippen molar-refractivity contribution in [2.75, 3.05) is 28.6 Å². The molecule has 0 radical (unpaired) electrons.